The number of carbonyl (C=O) groups is 2. The molecule has 4 atom stereocenters. The van der Waals surface area contributed by atoms with Crippen molar-refractivity contribution in [3.05, 3.63) is 42.0 Å². The van der Waals surface area contributed by atoms with E-state index in [9.17, 15) is 14.7 Å². The van der Waals surface area contributed by atoms with Gasteiger partial charge < -0.3 is 44.5 Å². The van der Waals surface area contributed by atoms with Crippen LogP contribution in [-0.4, -0.2) is 92.3 Å². The van der Waals surface area contributed by atoms with Crippen molar-refractivity contribution in [2.45, 2.75) is 58.3 Å². The molecule has 0 saturated heterocycles. The second-order valence-electron chi connectivity index (χ2n) is 11.4. The quantitative estimate of drug-likeness (QED) is 0.457. The second-order valence-corrected chi connectivity index (χ2v) is 11.4. The zero-order valence-electron chi connectivity index (χ0n) is 25.2. The molecule has 2 aliphatic heterocycles. The maximum atomic E-state index is 14.2. The normalized spacial score (nSPS) is 22.1. The lowest BCUT2D eigenvalue weighted by atomic mass is 10.0. The molecule has 230 valence electrons. The van der Waals surface area contributed by atoms with Crippen LogP contribution in [0.25, 0.3) is 0 Å². The van der Waals surface area contributed by atoms with Gasteiger partial charge in [0.15, 0.2) is 11.5 Å². The fourth-order valence-corrected chi connectivity index (χ4v) is 5.09. The van der Waals surface area contributed by atoms with Gasteiger partial charge in [-0.3, -0.25) is 4.79 Å². The summed E-state index contributed by atoms with van der Waals surface area (Å²) >= 11 is 0. The smallest absolute Gasteiger partial charge is 0.323 e. The molecule has 11 nitrogen and oxygen atoms in total. The monoisotopic (exact) mass is 584 g/mol. The van der Waals surface area contributed by atoms with E-state index < -0.39 is 12.1 Å². The number of hydrogen-bond acceptors (Lipinski definition) is 8. The fourth-order valence-electron chi connectivity index (χ4n) is 5.09. The van der Waals surface area contributed by atoms with Gasteiger partial charge in [0.05, 0.1) is 30.4 Å². The van der Waals surface area contributed by atoms with Gasteiger partial charge in [0, 0.05) is 43.1 Å². The van der Waals surface area contributed by atoms with Crippen molar-refractivity contribution in [1.29, 1.82) is 0 Å². The number of likely N-dealkylation sites (N-methyl/N-ethyl adjacent to an activating group) is 1. The summed E-state index contributed by atoms with van der Waals surface area (Å²) in [6, 6.07) is 9.28. The van der Waals surface area contributed by atoms with Gasteiger partial charge in [0.25, 0.3) is 5.91 Å². The van der Waals surface area contributed by atoms with Crippen LogP contribution in [0.4, 0.5) is 16.2 Å². The molecule has 0 aliphatic carbocycles. The van der Waals surface area contributed by atoms with Crippen LogP contribution < -0.4 is 24.8 Å². The molecule has 0 fully saturated rings. The highest BCUT2D eigenvalue weighted by Crippen LogP contribution is 2.34. The zero-order chi connectivity index (χ0) is 30.2. The van der Waals surface area contributed by atoms with Crippen LogP contribution >= 0.6 is 0 Å². The third-order valence-corrected chi connectivity index (χ3v) is 7.48. The first kappa shape index (κ1) is 31.4. The highest BCUT2D eigenvalue weighted by Gasteiger charge is 2.30. The summed E-state index contributed by atoms with van der Waals surface area (Å²) in [6.45, 7) is 7.57. The van der Waals surface area contributed by atoms with Crippen molar-refractivity contribution in [3.8, 4) is 17.2 Å². The second kappa shape index (κ2) is 14.6. The number of amides is 3. The number of nitrogens with zero attached hydrogens (tertiary/aromatic N) is 2. The van der Waals surface area contributed by atoms with Crippen LogP contribution in [0.1, 0.15) is 50.4 Å². The molecular weight excluding hydrogens is 540 g/mol. The predicted octanol–water partition coefficient (Wildman–Crippen LogP) is 4.42. The van der Waals surface area contributed by atoms with Gasteiger partial charge >= 0.3 is 6.03 Å². The summed E-state index contributed by atoms with van der Waals surface area (Å²) in [5.41, 5.74) is 1.28. The van der Waals surface area contributed by atoms with Gasteiger partial charge in [-0.2, -0.15) is 0 Å². The number of urea groups is 1. The van der Waals surface area contributed by atoms with Crippen molar-refractivity contribution in [3.63, 3.8) is 0 Å². The molecule has 3 amide bonds. The fraction of sp³-hybridized carbons (Fsp3) is 0.548. The van der Waals surface area contributed by atoms with E-state index in [-0.39, 0.29) is 37.4 Å². The minimum absolute atomic E-state index is 0.00497. The SMILES string of the molecule is C[C@H]1CCCCO[C@@H](CN(C)C)[C@@H](C)CN([C@@H](C)CO)C(=O)c2cc(NC(=O)Nc3ccc4c(c3)OCO4)ccc2O1. The predicted molar refractivity (Wildman–Crippen MR) is 161 cm³/mol. The van der Waals surface area contributed by atoms with Crippen molar-refractivity contribution in [1.82, 2.24) is 9.80 Å². The molecule has 2 aliphatic rings. The summed E-state index contributed by atoms with van der Waals surface area (Å²) in [5.74, 6) is 1.34. The molecule has 0 radical (unpaired) electrons. The maximum absolute atomic E-state index is 14.2. The Morgan fingerprint density at radius 1 is 1.05 bits per heavy atom. The molecule has 2 heterocycles. The Kier molecular flexibility index (Phi) is 10.9. The van der Waals surface area contributed by atoms with Crippen LogP contribution in [0.15, 0.2) is 36.4 Å². The van der Waals surface area contributed by atoms with E-state index in [1.165, 1.54) is 0 Å². The first-order valence-corrected chi connectivity index (χ1v) is 14.6. The number of ether oxygens (including phenoxy) is 4. The van der Waals surface area contributed by atoms with E-state index in [0.717, 1.165) is 25.8 Å². The Morgan fingerprint density at radius 2 is 1.74 bits per heavy atom. The minimum atomic E-state index is -0.477. The standard InChI is InChI=1S/C31H44N4O7/c1-20-16-35(21(2)18-36)30(37)25-14-23(32-31(38)33-24-10-12-27-28(15-24)41-19-40-27)9-11-26(25)42-22(3)8-6-7-13-39-29(20)17-34(4)5/h9-12,14-15,20-22,29,36H,6-8,13,16-19H2,1-5H3,(H2,32,33,38)/t20-,21-,22-,29-/m0/s1. The van der Waals surface area contributed by atoms with E-state index in [2.05, 4.69) is 22.5 Å². The van der Waals surface area contributed by atoms with Crippen molar-refractivity contribution in [2.24, 2.45) is 5.92 Å². The van der Waals surface area contributed by atoms with Crippen LogP contribution in [0.2, 0.25) is 0 Å². The number of aliphatic hydroxyl groups is 1. The number of carbonyl (C=O) groups excluding carboxylic acids is 2. The number of rotatable bonds is 6. The topological polar surface area (TPSA) is 122 Å². The Balaban J connectivity index is 1.60. The highest BCUT2D eigenvalue weighted by atomic mass is 16.7. The molecule has 2 aromatic carbocycles. The lowest BCUT2D eigenvalue weighted by Crippen LogP contribution is -2.47. The van der Waals surface area contributed by atoms with Crippen LogP contribution in [0, 0.1) is 5.92 Å². The number of aliphatic hydroxyl groups excluding tert-OH is 1. The van der Waals surface area contributed by atoms with E-state index >= 15 is 0 Å². The molecule has 11 heteroatoms. The summed E-state index contributed by atoms with van der Waals surface area (Å²) in [6.07, 6.45) is 2.44. The van der Waals surface area contributed by atoms with Gasteiger partial charge in [-0.1, -0.05) is 6.92 Å². The number of hydrogen-bond donors (Lipinski definition) is 3. The molecule has 4 rings (SSSR count). The molecule has 2 aromatic rings. The third kappa shape index (κ3) is 8.27. The number of fused-ring (bicyclic) bond motifs is 2. The Bertz CT molecular complexity index is 1220. The van der Waals surface area contributed by atoms with Crippen LogP contribution in [-0.2, 0) is 4.74 Å². The van der Waals surface area contributed by atoms with E-state index in [0.29, 0.717) is 47.3 Å². The Labute approximate surface area is 248 Å². The summed E-state index contributed by atoms with van der Waals surface area (Å²) < 4.78 is 23.3. The molecule has 0 saturated carbocycles. The van der Waals surface area contributed by atoms with Gasteiger partial charge in [-0.25, -0.2) is 4.79 Å². The number of nitrogens with one attached hydrogen (secondary N) is 2. The molecule has 0 aromatic heterocycles. The summed E-state index contributed by atoms with van der Waals surface area (Å²) in [5, 5.41) is 15.7. The van der Waals surface area contributed by atoms with Gasteiger partial charge in [-0.15, -0.1) is 0 Å². The molecule has 3 N–H and O–H groups in total. The average molecular weight is 585 g/mol. The summed E-state index contributed by atoms with van der Waals surface area (Å²) in [7, 11) is 4.01. The van der Waals surface area contributed by atoms with Gasteiger partial charge in [0.2, 0.25) is 6.79 Å². The van der Waals surface area contributed by atoms with Crippen molar-refractivity contribution < 1.29 is 33.6 Å². The van der Waals surface area contributed by atoms with Gasteiger partial charge in [0.1, 0.15) is 5.75 Å². The zero-order valence-corrected chi connectivity index (χ0v) is 25.2. The first-order valence-electron chi connectivity index (χ1n) is 14.6. The van der Waals surface area contributed by atoms with E-state index in [4.69, 9.17) is 18.9 Å². The minimum Gasteiger partial charge on any atom is -0.490 e. The lowest BCUT2D eigenvalue weighted by molar-refractivity contribution is -0.0137. The van der Waals surface area contributed by atoms with Gasteiger partial charge in [-0.05, 0) is 77.5 Å². The van der Waals surface area contributed by atoms with Crippen molar-refractivity contribution in [2.75, 3.05) is 57.8 Å². The Morgan fingerprint density at radius 3 is 2.45 bits per heavy atom. The average Bonchev–Trinajstić information content (AvgIpc) is 3.42. The molecule has 0 unspecified atom stereocenters. The van der Waals surface area contributed by atoms with E-state index in [1.807, 2.05) is 27.9 Å². The molecule has 0 spiro atoms. The Hall–Kier alpha value is -3.54. The molecular formula is C31H44N4O7. The highest BCUT2D eigenvalue weighted by molar-refractivity contribution is 6.02. The van der Waals surface area contributed by atoms with Crippen LogP contribution in [0.3, 0.4) is 0 Å². The third-order valence-electron chi connectivity index (χ3n) is 7.48. The van der Waals surface area contributed by atoms with E-state index in [1.54, 1.807) is 41.3 Å². The van der Waals surface area contributed by atoms with Crippen LogP contribution in [0.5, 0.6) is 17.2 Å². The summed E-state index contributed by atoms with van der Waals surface area (Å²) in [4.78, 5) is 30.8. The lowest BCUT2D eigenvalue weighted by Gasteiger charge is -2.35. The molecule has 0 bridgehead atoms. The maximum Gasteiger partial charge on any atom is 0.323 e. The first-order chi connectivity index (χ1) is 20.1. The largest absolute Gasteiger partial charge is 0.490 e. The van der Waals surface area contributed by atoms with Crippen molar-refractivity contribution >= 4 is 23.3 Å². The molecule has 42 heavy (non-hydrogen) atoms. The number of benzene rings is 2. The number of anilines is 2.